The number of H-pyrrole nitrogens is 1. The summed E-state index contributed by atoms with van der Waals surface area (Å²) in [5.41, 5.74) is 2.99. The average molecular weight is 311 g/mol. The number of nitriles is 1. The Hall–Kier alpha value is -2.53. The Kier molecular flexibility index (Phi) is 3.63. The van der Waals surface area contributed by atoms with Crippen LogP contribution in [0.1, 0.15) is 41.6 Å². The molecule has 23 heavy (non-hydrogen) atoms. The highest BCUT2D eigenvalue weighted by molar-refractivity contribution is 5.57. The van der Waals surface area contributed by atoms with Crippen molar-refractivity contribution in [1.82, 2.24) is 25.6 Å². The fraction of sp³-hybridized carbons (Fsp3) is 0.533. The second-order valence-electron chi connectivity index (χ2n) is 5.86. The van der Waals surface area contributed by atoms with Gasteiger partial charge < -0.3 is 9.64 Å². The molecule has 118 valence electrons. The number of hydrogen-bond donors (Lipinski definition) is 1. The van der Waals surface area contributed by atoms with E-state index in [1.54, 1.807) is 0 Å². The molecule has 1 fully saturated rings. The molecule has 0 bridgehead atoms. The normalized spacial score (nSPS) is 20.8. The van der Waals surface area contributed by atoms with E-state index in [1.807, 2.05) is 6.07 Å². The van der Waals surface area contributed by atoms with E-state index in [2.05, 4.69) is 31.6 Å². The highest BCUT2D eigenvalue weighted by atomic mass is 16.5. The van der Waals surface area contributed by atoms with E-state index in [0.717, 1.165) is 24.4 Å². The summed E-state index contributed by atoms with van der Waals surface area (Å²) in [6, 6.07) is 4.31. The van der Waals surface area contributed by atoms with Gasteiger partial charge >= 0.3 is 0 Å². The summed E-state index contributed by atoms with van der Waals surface area (Å²) < 4.78 is 5.72. The number of aromatic nitrogens is 5. The molecule has 1 unspecified atom stereocenters. The first-order valence-corrected chi connectivity index (χ1v) is 7.88. The molecular formula is C15H17N7O. The van der Waals surface area contributed by atoms with Crippen LogP contribution in [0, 0.1) is 11.3 Å². The quantitative estimate of drug-likeness (QED) is 0.879. The van der Waals surface area contributed by atoms with Crippen LogP contribution >= 0.6 is 0 Å². The zero-order valence-electron chi connectivity index (χ0n) is 12.7. The standard InChI is InChI=1S/C15H17N7O/c16-8-11-7-10-3-1-2-4-12(10)17-15(11)22-5-6-23-13(9-22)14-18-20-21-19-14/h7,13H,1-6,9H2,(H,18,19,20,21). The van der Waals surface area contributed by atoms with Crippen LogP contribution in [-0.4, -0.2) is 45.3 Å². The van der Waals surface area contributed by atoms with Crippen molar-refractivity contribution >= 4 is 5.82 Å². The molecule has 2 aliphatic rings. The number of rotatable bonds is 2. The number of nitrogens with zero attached hydrogens (tertiary/aromatic N) is 6. The van der Waals surface area contributed by atoms with Crippen LogP contribution in [0.4, 0.5) is 5.82 Å². The lowest BCUT2D eigenvalue weighted by molar-refractivity contribution is 0.0337. The first-order chi connectivity index (χ1) is 11.3. The van der Waals surface area contributed by atoms with Crippen LogP contribution in [0.3, 0.4) is 0 Å². The lowest BCUT2D eigenvalue weighted by Gasteiger charge is -2.33. The van der Waals surface area contributed by atoms with E-state index in [4.69, 9.17) is 9.72 Å². The van der Waals surface area contributed by atoms with Gasteiger partial charge in [0.05, 0.1) is 18.7 Å². The molecule has 1 aliphatic heterocycles. The van der Waals surface area contributed by atoms with Gasteiger partial charge in [-0.25, -0.2) is 4.98 Å². The van der Waals surface area contributed by atoms with Crippen molar-refractivity contribution in [3.8, 4) is 6.07 Å². The molecule has 3 heterocycles. The maximum atomic E-state index is 9.51. The number of pyridine rings is 1. The summed E-state index contributed by atoms with van der Waals surface area (Å²) in [5.74, 6) is 1.29. The summed E-state index contributed by atoms with van der Waals surface area (Å²) in [6.45, 7) is 1.82. The lowest BCUT2D eigenvalue weighted by Crippen LogP contribution is -2.40. The molecule has 0 saturated carbocycles. The van der Waals surface area contributed by atoms with E-state index < -0.39 is 0 Å². The van der Waals surface area contributed by atoms with Crippen LogP contribution in [0.2, 0.25) is 0 Å². The topological polar surface area (TPSA) is 104 Å². The van der Waals surface area contributed by atoms with Crippen LogP contribution in [0.5, 0.6) is 0 Å². The molecule has 0 radical (unpaired) electrons. The number of nitrogens with one attached hydrogen (secondary N) is 1. The summed E-state index contributed by atoms with van der Waals surface area (Å²) in [7, 11) is 0. The largest absolute Gasteiger partial charge is 0.366 e. The highest BCUT2D eigenvalue weighted by Crippen LogP contribution is 2.29. The summed E-state index contributed by atoms with van der Waals surface area (Å²) in [4.78, 5) is 6.90. The van der Waals surface area contributed by atoms with Gasteiger partial charge in [-0.15, -0.1) is 10.2 Å². The minimum absolute atomic E-state index is 0.258. The molecule has 1 N–H and O–H groups in total. The fourth-order valence-electron chi connectivity index (χ4n) is 3.25. The minimum Gasteiger partial charge on any atom is -0.366 e. The minimum atomic E-state index is -0.258. The van der Waals surface area contributed by atoms with Gasteiger partial charge in [-0.3, -0.25) is 0 Å². The Morgan fingerprint density at radius 3 is 3.09 bits per heavy atom. The van der Waals surface area contributed by atoms with Crippen molar-refractivity contribution in [3.63, 3.8) is 0 Å². The third-order valence-corrected chi connectivity index (χ3v) is 4.42. The molecule has 2 aromatic rings. The number of morpholine rings is 1. The Labute approximate surface area is 133 Å². The predicted molar refractivity (Wildman–Crippen MR) is 80.7 cm³/mol. The maximum Gasteiger partial charge on any atom is 0.205 e. The van der Waals surface area contributed by atoms with E-state index in [1.165, 1.54) is 18.4 Å². The van der Waals surface area contributed by atoms with Crippen molar-refractivity contribution in [2.45, 2.75) is 31.8 Å². The number of tetrazole rings is 1. The smallest absolute Gasteiger partial charge is 0.205 e. The van der Waals surface area contributed by atoms with Crippen LogP contribution in [0.25, 0.3) is 0 Å². The first-order valence-electron chi connectivity index (χ1n) is 7.88. The van der Waals surface area contributed by atoms with Gasteiger partial charge in [0.1, 0.15) is 18.0 Å². The van der Waals surface area contributed by atoms with Gasteiger partial charge in [-0.2, -0.15) is 10.5 Å². The van der Waals surface area contributed by atoms with Crippen molar-refractivity contribution < 1.29 is 4.74 Å². The summed E-state index contributed by atoms with van der Waals surface area (Å²) >= 11 is 0. The lowest BCUT2D eigenvalue weighted by atomic mass is 9.95. The monoisotopic (exact) mass is 311 g/mol. The van der Waals surface area contributed by atoms with E-state index >= 15 is 0 Å². The van der Waals surface area contributed by atoms with Crippen LogP contribution < -0.4 is 4.90 Å². The first kappa shape index (κ1) is 14.1. The SMILES string of the molecule is N#Cc1cc2c(nc1N1CCOC(c3nn[nH]n3)C1)CCCC2. The summed E-state index contributed by atoms with van der Waals surface area (Å²) in [6.07, 6.45) is 4.10. The zero-order valence-corrected chi connectivity index (χ0v) is 12.7. The molecule has 8 heteroatoms. The number of anilines is 1. The molecule has 1 atom stereocenters. The number of aryl methyl sites for hydroxylation is 2. The third-order valence-electron chi connectivity index (χ3n) is 4.42. The van der Waals surface area contributed by atoms with Crippen molar-refractivity contribution in [2.24, 2.45) is 0 Å². The molecular weight excluding hydrogens is 294 g/mol. The van der Waals surface area contributed by atoms with Crippen molar-refractivity contribution in [1.29, 1.82) is 5.26 Å². The maximum absolute atomic E-state index is 9.51. The molecule has 4 rings (SSSR count). The fourth-order valence-corrected chi connectivity index (χ4v) is 3.25. The Balaban J connectivity index is 1.65. The number of hydrogen-bond acceptors (Lipinski definition) is 7. The van der Waals surface area contributed by atoms with Crippen molar-refractivity contribution in [2.75, 3.05) is 24.6 Å². The average Bonchev–Trinajstić information content (AvgIpc) is 3.15. The Morgan fingerprint density at radius 1 is 1.35 bits per heavy atom. The van der Waals surface area contributed by atoms with Crippen LogP contribution in [-0.2, 0) is 17.6 Å². The second kappa shape index (κ2) is 5.93. The van der Waals surface area contributed by atoms with Gasteiger partial charge in [-0.05, 0) is 37.3 Å². The number of fused-ring (bicyclic) bond motifs is 1. The van der Waals surface area contributed by atoms with Gasteiger partial charge in [0, 0.05) is 12.2 Å². The molecule has 2 aromatic heterocycles. The van der Waals surface area contributed by atoms with Crippen molar-refractivity contribution in [3.05, 3.63) is 28.7 Å². The second-order valence-corrected chi connectivity index (χ2v) is 5.86. The highest BCUT2D eigenvalue weighted by Gasteiger charge is 2.28. The zero-order chi connectivity index (χ0) is 15.6. The van der Waals surface area contributed by atoms with E-state index in [-0.39, 0.29) is 6.10 Å². The van der Waals surface area contributed by atoms with Gasteiger partial charge in [0.15, 0.2) is 0 Å². The van der Waals surface area contributed by atoms with Gasteiger partial charge in [0.2, 0.25) is 5.82 Å². The van der Waals surface area contributed by atoms with E-state index in [9.17, 15) is 5.26 Å². The number of ether oxygens (including phenoxy) is 1. The molecule has 8 nitrogen and oxygen atoms in total. The third kappa shape index (κ3) is 2.64. The Morgan fingerprint density at radius 2 is 2.26 bits per heavy atom. The van der Waals surface area contributed by atoms with Crippen LogP contribution in [0.15, 0.2) is 6.07 Å². The summed E-state index contributed by atoms with van der Waals surface area (Å²) in [5, 5.41) is 23.5. The predicted octanol–water partition coefficient (Wildman–Crippen LogP) is 0.923. The van der Waals surface area contributed by atoms with Gasteiger partial charge in [-0.1, -0.05) is 5.21 Å². The number of aromatic amines is 1. The molecule has 1 saturated heterocycles. The molecule has 0 aromatic carbocycles. The molecule has 0 amide bonds. The van der Waals surface area contributed by atoms with Gasteiger partial charge in [0.25, 0.3) is 0 Å². The van der Waals surface area contributed by atoms with E-state index in [0.29, 0.717) is 31.1 Å². The Bertz CT molecular complexity index is 737. The molecule has 1 aliphatic carbocycles. The molecule has 0 spiro atoms.